The number of carbonyl (C=O) groups is 3. The van der Waals surface area contributed by atoms with Crippen LogP contribution in [0.4, 0.5) is 10.5 Å². The highest BCUT2D eigenvalue weighted by Crippen LogP contribution is 2.28. The molecule has 37 heavy (non-hydrogen) atoms. The molecule has 7 nitrogen and oxygen atoms in total. The van der Waals surface area contributed by atoms with Crippen LogP contribution < -0.4 is 10.6 Å². The second kappa shape index (κ2) is 11.6. The smallest absolute Gasteiger partial charge is 0.408 e. The Morgan fingerprint density at radius 1 is 1.00 bits per heavy atom. The highest BCUT2D eigenvalue weighted by atomic mass is 16.6. The van der Waals surface area contributed by atoms with Gasteiger partial charge in [-0.2, -0.15) is 0 Å². The van der Waals surface area contributed by atoms with Crippen LogP contribution in [-0.4, -0.2) is 41.0 Å². The molecule has 2 N–H and O–H groups in total. The number of likely N-dealkylation sites (N-methyl/N-ethyl adjacent to an activating group) is 1. The lowest BCUT2D eigenvalue weighted by Crippen LogP contribution is -2.51. The number of alkyl carbamates (subject to hydrolysis) is 1. The van der Waals surface area contributed by atoms with E-state index in [1.54, 1.807) is 58.9 Å². The number of rotatable bonds is 7. The van der Waals surface area contributed by atoms with E-state index >= 15 is 0 Å². The van der Waals surface area contributed by atoms with E-state index in [2.05, 4.69) is 16.6 Å². The van der Waals surface area contributed by atoms with Crippen molar-refractivity contribution in [3.8, 4) is 12.3 Å². The zero-order valence-corrected chi connectivity index (χ0v) is 21.9. The number of terminal acetylenes is 1. The van der Waals surface area contributed by atoms with Gasteiger partial charge in [0.2, 0.25) is 5.91 Å². The van der Waals surface area contributed by atoms with Crippen LogP contribution >= 0.6 is 0 Å². The lowest BCUT2D eigenvalue weighted by molar-refractivity contribution is -0.140. The molecule has 0 aliphatic carbocycles. The van der Waals surface area contributed by atoms with Gasteiger partial charge in [0, 0.05) is 17.8 Å². The highest BCUT2D eigenvalue weighted by Gasteiger charge is 2.35. The summed E-state index contributed by atoms with van der Waals surface area (Å²) in [5.74, 6) is 1.75. The first-order valence-corrected chi connectivity index (χ1v) is 12.2. The van der Waals surface area contributed by atoms with Gasteiger partial charge in [-0.15, -0.1) is 6.42 Å². The minimum absolute atomic E-state index is 0.202. The molecule has 2 atom stereocenters. The van der Waals surface area contributed by atoms with Crippen molar-refractivity contribution in [2.45, 2.75) is 52.3 Å². The minimum Gasteiger partial charge on any atom is -0.444 e. The van der Waals surface area contributed by atoms with Crippen molar-refractivity contribution < 1.29 is 19.1 Å². The predicted molar refractivity (Wildman–Crippen MR) is 146 cm³/mol. The van der Waals surface area contributed by atoms with Gasteiger partial charge < -0.3 is 20.3 Å². The highest BCUT2D eigenvalue weighted by molar-refractivity contribution is 6.00. The lowest BCUT2D eigenvalue weighted by atomic mass is 9.97. The Labute approximate surface area is 218 Å². The largest absolute Gasteiger partial charge is 0.444 e. The molecule has 3 aromatic carbocycles. The molecule has 0 fully saturated rings. The first-order valence-electron chi connectivity index (χ1n) is 12.2. The molecule has 0 saturated carbocycles. The minimum atomic E-state index is -1.03. The van der Waals surface area contributed by atoms with Gasteiger partial charge in [0.1, 0.15) is 17.7 Å². The molecule has 0 bridgehead atoms. The van der Waals surface area contributed by atoms with Crippen LogP contribution in [0.2, 0.25) is 0 Å². The number of nitrogens with zero attached hydrogens (tertiary/aromatic N) is 1. The van der Waals surface area contributed by atoms with Gasteiger partial charge >= 0.3 is 6.09 Å². The average Bonchev–Trinajstić information content (AvgIpc) is 2.85. The number of nitrogens with one attached hydrogen (secondary N) is 2. The van der Waals surface area contributed by atoms with E-state index in [1.165, 1.54) is 4.90 Å². The third kappa shape index (κ3) is 6.89. The quantitative estimate of drug-likeness (QED) is 0.434. The van der Waals surface area contributed by atoms with Gasteiger partial charge in [0.15, 0.2) is 0 Å². The van der Waals surface area contributed by atoms with E-state index in [1.807, 2.05) is 42.5 Å². The Balaban J connectivity index is 1.95. The molecule has 0 aromatic heterocycles. The molecule has 192 valence electrons. The van der Waals surface area contributed by atoms with Crippen molar-refractivity contribution in [1.29, 1.82) is 0 Å². The van der Waals surface area contributed by atoms with E-state index in [0.717, 1.165) is 10.8 Å². The van der Waals surface area contributed by atoms with Crippen LogP contribution in [0.1, 0.15) is 51.8 Å². The number of hydrogen-bond acceptors (Lipinski definition) is 4. The van der Waals surface area contributed by atoms with Crippen LogP contribution in [0.5, 0.6) is 0 Å². The van der Waals surface area contributed by atoms with Gasteiger partial charge in [-0.05, 0) is 69.2 Å². The van der Waals surface area contributed by atoms with E-state index in [9.17, 15) is 14.4 Å². The van der Waals surface area contributed by atoms with E-state index in [0.29, 0.717) is 16.8 Å². The SMILES string of the molecule is C#Cc1ccccc1C(C(=O)Nc1ccc2ccccc2c1)N(CC)C(=O)C(C)NC(=O)OC(C)(C)C. The number of amides is 3. The number of carbonyl (C=O) groups excluding carboxylic acids is 3. The second-order valence-corrected chi connectivity index (χ2v) is 9.68. The number of fused-ring (bicyclic) bond motifs is 1. The zero-order valence-electron chi connectivity index (χ0n) is 21.9. The summed E-state index contributed by atoms with van der Waals surface area (Å²) < 4.78 is 5.29. The molecule has 0 aliphatic heterocycles. The fourth-order valence-corrected chi connectivity index (χ4v) is 4.06. The number of hydrogen-bond donors (Lipinski definition) is 2. The van der Waals surface area contributed by atoms with E-state index < -0.39 is 35.6 Å². The summed E-state index contributed by atoms with van der Waals surface area (Å²) in [6, 6.07) is 18.5. The zero-order chi connectivity index (χ0) is 27.2. The molecule has 3 aromatic rings. The third-order valence-corrected chi connectivity index (χ3v) is 5.72. The second-order valence-electron chi connectivity index (χ2n) is 9.68. The van der Waals surface area contributed by atoms with Crippen LogP contribution in [0, 0.1) is 12.3 Å². The molecule has 2 unspecified atom stereocenters. The maximum atomic E-state index is 13.8. The average molecular weight is 500 g/mol. The van der Waals surface area contributed by atoms with Crippen LogP contribution in [-0.2, 0) is 14.3 Å². The summed E-state index contributed by atoms with van der Waals surface area (Å²) in [6.45, 7) is 8.74. The summed E-state index contributed by atoms with van der Waals surface area (Å²) in [4.78, 5) is 41.0. The summed E-state index contributed by atoms with van der Waals surface area (Å²) in [5, 5.41) is 7.54. The maximum absolute atomic E-state index is 13.8. The molecule has 0 heterocycles. The fraction of sp³-hybridized carbons (Fsp3) is 0.300. The number of benzene rings is 3. The van der Waals surface area contributed by atoms with Gasteiger partial charge in [-0.25, -0.2) is 4.79 Å². The molecule has 3 amide bonds. The Morgan fingerprint density at radius 3 is 2.30 bits per heavy atom. The Kier molecular flexibility index (Phi) is 8.56. The Morgan fingerprint density at radius 2 is 1.65 bits per heavy atom. The standard InChI is InChI=1S/C30H33N3O4/c1-7-21-13-11-12-16-25(21)26(27(34)32-24-18-17-22-14-9-10-15-23(22)19-24)33(8-2)28(35)20(3)31-29(36)37-30(4,5)6/h1,9-20,26H,8H2,2-6H3,(H,31,36)(H,32,34). The van der Waals surface area contributed by atoms with E-state index in [4.69, 9.17) is 11.2 Å². The first kappa shape index (κ1) is 27.3. The monoisotopic (exact) mass is 499 g/mol. The van der Waals surface area contributed by atoms with Crippen molar-refractivity contribution in [3.05, 3.63) is 77.9 Å². The predicted octanol–water partition coefficient (Wildman–Crippen LogP) is 5.26. The molecule has 3 rings (SSSR count). The normalized spacial score (nSPS) is 12.6. The van der Waals surface area contributed by atoms with E-state index in [-0.39, 0.29) is 6.54 Å². The number of ether oxygens (including phenoxy) is 1. The lowest BCUT2D eigenvalue weighted by Gasteiger charge is -2.33. The number of anilines is 1. The molecule has 7 heteroatoms. The van der Waals surface area contributed by atoms with Crippen molar-refractivity contribution >= 4 is 34.4 Å². The molecule has 0 radical (unpaired) electrons. The van der Waals surface area contributed by atoms with Gasteiger partial charge in [-0.3, -0.25) is 9.59 Å². The summed E-state index contributed by atoms with van der Waals surface area (Å²) in [6.07, 6.45) is 5.03. The third-order valence-electron chi connectivity index (χ3n) is 5.72. The molecular formula is C30H33N3O4. The van der Waals surface area contributed by atoms with Gasteiger partial charge in [0.05, 0.1) is 0 Å². The van der Waals surface area contributed by atoms with Crippen LogP contribution in [0.25, 0.3) is 10.8 Å². The van der Waals surface area contributed by atoms with Crippen LogP contribution in [0.15, 0.2) is 66.7 Å². The topological polar surface area (TPSA) is 87.7 Å². The molecule has 0 aliphatic rings. The van der Waals surface area contributed by atoms with Crippen molar-refractivity contribution in [1.82, 2.24) is 10.2 Å². The Bertz CT molecular complexity index is 1340. The first-order chi connectivity index (χ1) is 17.5. The summed E-state index contributed by atoms with van der Waals surface area (Å²) in [7, 11) is 0. The maximum Gasteiger partial charge on any atom is 0.408 e. The van der Waals surface area contributed by atoms with Crippen molar-refractivity contribution in [2.75, 3.05) is 11.9 Å². The van der Waals surface area contributed by atoms with Gasteiger partial charge in [0.25, 0.3) is 5.91 Å². The van der Waals surface area contributed by atoms with Gasteiger partial charge in [-0.1, -0.05) is 54.5 Å². The molecule has 0 saturated heterocycles. The molecule has 0 spiro atoms. The summed E-state index contributed by atoms with van der Waals surface area (Å²) in [5.41, 5.74) is 0.893. The Hall–Kier alpha value is -4.31. The van der Waals surface area contributed by atoms with Crippen LogP contribution in [0.3, 0.4) is 0 Å². The van der Waals surface area contributed by atoms with Crippen molar-refractivity contribution in [2.24, 2.45) is 0 Å². The summed E-state index contributed by atoms with van der Waals surface area (Å²) >= 11 is 0. The fourth-order valence-electron chi connectivity index (χ4n) is 4.06. The molecular weight excluding hydrogens is 466 g/mol. The van der Waals surface area contributed by atoms with Crippen molar-refractivity contribution in [3.63, 3.8) is 0 Å².